The zero-order valence-electron chi connectivity index (χ0n) is 21.6. The van der Waals surface area contributed by atoms with Crippen molar-refractivity contribution in [2.45, 2.75) is 31.7 Å². The van der Waals surface area contributed by atoms with E-state index in [9.17, 15) is 18.0 Å². The highest BCUT2D eigenvalue weighted by Gasteiger charge is 2.43. The molecule has 0 aliphatic carbocycles. The van der Waals surface area contributed by atoms with Crippen LogP contribution in [0.3, 0.4) is 0 Å². The Hall–Kier alpha value is -3.39. The Morgan fingerprint density at radius 3 is 2.48 bits per heavy atom. The van der Waals surface area contributed by atoms with Gasteiger partial charge in [0.15, 0.2) is 17.6 Å². The van der Waals surface area contributed by atoms with Gasteiger partial charge in [-0.05, 0) is 51.1 Å². The molecular weight excluding hydrogens is 607 g/mol. The smallest absolute Gasteiger partial charge is 0.360 e. The number of carbonyl (C=O) groups is 2. The summed E-state index contributed by atoms with van der Waals surface area (Å²) in [6.45, 7) is 4.64. The number of halogens is 3. The first-order valence-electron chi connectivity index (χ1n) is 11.8. The van der Waals surface area contributed by atoms with Crippen LogP contribution in [0.4, 0.5) is 11.4 Å². The third-order valence-corrected chi connectivity index (χ3v) is 8.52. The summed E-state index contributed by atoms with van der Waals surface area (Å²) in [6, 6.07) is 5.58. The molecule has 40 heavy (non-hydrogen) atoms. The van der Waals surface area contributed by atoms with Crippen molar-refractivity contribution in [2.24, 2.45) is 4.99 Å². The second kappa shape index (κ2) is 11.6. The highest BCUT2D eigenvalue weighted by molar-refractivity contribution is 7.90. The van der Waals surface area contributed by atoms with E-state index in [0.29, 0.717) is 5.02 Å². The molecule has 1 atom stereocenters. The van der Waals surface area contributed by atoms with Crippen molar-refractivity contribution < 1.29 is 27.5 Å². The Kier molecular flexibility index (Phi) is 8.59. The minimum absolute atomic E-state index is 0.0440. The lowest BCUT2D eigenvalue weighted by Gasteiger charge is -2.33. The lowest BCUT2D eigenvalue weighted by atomic mass is 10.2. The summed E-state index contributed by atoms with van der Waals surface area (Å²) in [4.78, 5) is 30.8. The van der Waals surface area contributed by atoms with Gasteiger partial charge in [0.2, 0.25) is 0 Å². The zero-order chi connectivity index (χ0) is 29.4. The van der Waals surface area contributed by atoms with Crippen LogP contribution >= 0.6 is 34.8 Å². The number of ether oxygens (including phenoxy) is 2. The summed E-state index contributed by atoms with van der Waals surface area (Å²) in [5.41, 5.74) is 0.0570. The van der Waals surface area contributed by atoms with Gasteiger partial charge in [-0.2, -0.15) is 0 Å². The van der Waals surface area contributed by atoms with E-state index in [2.05, 4.69) is 20.6 Å². The average molecular weight is 630 g/mol. The van der Waals surface area contributed by atoms with Crippen LogP contribution in [0, 0.1) is 6.92 Å². The largest absolute Gasteiger partial charge is 0.495 e. The van der Waals surface area contributed by atoms with Gasteiger partial charge in [0.25, 0.3) is 15.9 Å². The molecule has 2 aromatic carbocycles. The number of methoxy groups -OCH3 is 1. The molecular formula is C24H23Cl3N6O6S. The van der Waals surface area contributed by atoms with Crippen LogP contribution in [-0.2, 0) is 19.6 Å². The van der Waals surface area contributed by atoms with Crippen LogP contribution in [0.1, 0.15) is 36.1 Å². The molecule has 0 fully saturated rings. The number of hydrogen-bond donors (Lipinski definition) is 1. The second-order valence-electron chi connectivity index (χ2n) is 8.30. The van der Waals surface area contributed by atoms with Crippen LogP contribution in [0.5, 0.6) is 5.75 Å². The molecule has 16 heteroatoms. The van der Waals surface area contributed by atoms with Gasteiger partial charge in [-0.1, -0.05) is 40.0 Å². The van der Waals surface area contributed by atoms with E-state index in [1.807, 2.05) is 0 Å². The predicted octanol–water partition coefficient (Wildman–Crippen LogP) is 4.67. The standard InChI is InChI=1S/C24H23Cl3N6O6S/c1-5-32-22(29-20-15(27)9-14(26)11-18(20)40(32,36)37)21(33-12(3)19(30-31-33)24(35)39-6-2)23(34)28-16-10-13(25)7-8-17(16)38-4/h7-11,21H,5-6H2,1-4H3,(H,28,34). The van der Waals surface area contributed by atoms with Crippen LogP contribution in [0.15, 0.2) is 40.2 Å². The molecule has 2 heterocycles. The normalized spacial score (nSPS) is 14.7. The molecule has 0 radical (unpaired) electrons. The number of likely N-dealkylation sites (N-methyl/N-ethyl adjacent to an activating group) is 1. The number of aliphatic imine (C=N–C) groups is 1. The molecule has 1 aromatic heterocycles. The Morgan fingerprint density at radius 1 is 1.10 bits per heavy atom. The topological polar surface area (TPSA) is 145 Å². The number of fused-ring (bicyclic) bond motifs is 1. The Morgan fingerprint density at radius 2 is 1.82 bits per heavy atom. The van der Waals surface area contributed by atoms with Gasteiger partial charge in [0.05, 0.1) is 30.1 Å². The molecule has 3 aromatic rings. The molecule has 0 spiro atoms. The van der Waals surface area contributed by atoms with Gasteiger partial charge >= 0.3 is 5.97 Å². The number of carbonyl (C=O) groups excluding carboxylic acids is 2. The van der Waals surface area contributed by atoms with E-state index in [0.717, 1.165) is 8.99 Å². The third-order valence-electron chi connectivity index (χ3n) is 5.88. The minimum Gasteiger partial charge on any atom is -0.495 e. The van der Waals surface area contributed by atoms with Gasteiger partial charge in [0, 0.05) is 16.6 Å². The molecule has 0 saturated carbocycles. The van der Waals surface area contributed by atoms with Gasteiger partial charge in [-0.25, -0.2) is 22.9 Å². The summed E-state index contributed by atoms with van der Waals surface area (Å²) in [6.07, 6.45) is 0. The minimum atomic E-state index is -4.28. The van der Waals surface area contributed by atoms with E-state index < -0.39 is 27.9 Å². The van der Waals surface area contributed by atoms with Crippen molar-refractivity contribution in [1.82, 2.24) is 19.3 Å². The number of benzene rings is 2. The van der Waals surface area contributed by atoms with E-state index in [4.69, 9.17) is 44.3 Å². The zero-order valence-corrected chi connectivity index (χ0v) is 24.7. The van der Waals surface area contributed by atoms with E-state index >= 15 is 0 Å². The molecule has 4 rings (SSSR count). The Bertz CT molecular complexity index is 1640. The van der Waals surface area contributed by atoms with Gasteiger partial charge in [-0.3, -0.25) is 9.10 Å². The summed E-state index contributed by atoms with van der Waals surface area (Å²) in [7, 11) is -2.88. The molecule has 12 nitrogen and oxygen atoms in total. The van der Waals surface area contributed by atoms with Crippen LogP contribution < -0.4 is 10.1 Å². The molecule has 1 N–H and O–H groups in total. The van der Waals surface area contributed by atoms with E-state index in [1.165, 1.54) is 32.2 Å². The van der Waals surface area contributed by atoms with Gasteiger partial charge in [-0.15, -0.1) is 5.10 Å². The maximum absolute atomic E-state index is 14.0. The molecule has 1 aliphatic heterocycles. The number of nitrogens with one attached hydrogen (secondary N) is 1. The molecule has 0 bridgehead atoms. The second-order valence-corrected chi connectivity index (χ2v) is 11.4. The summed E-state index contributed by atoms with van der Waals surface area (Å²) in [5, 5.41) is 11.0. The number of amides is 1. The average Bonchev–Trinajstić information content (AvgIpc) is 3.26. The van der Waals surface area contributed by atoms with Gasteiger partial charge < -0.3 is 14.8 Å². The first-order chi connectivity index (χ1) is 18.9. The number of nitrogens with zero attached hydrogens (tertiary/aromatic N) is 5. The first-order valence-corrected chi connectivity index (χ1v) is 14.4. The predicted molar refractivity (Wildman–Crippen MR) is 150 cm³/mol. The van der Waals surface area contributed by atoms with E-state index in [-0.39, 0.29) is 62.4 Å². The number of anilines is 1. The van der Waals surface area contributed by atoms with Crippen LogP contribution in [0.25, 0.3) is 0 Å². The Balaban J connectivity index is 1.96. The monoisotopic (exact) mass is 628 g/mol. The lowest BCUT2D eigenvalue weighted by molar-refractivity contribution is -0.118. The quantitative estimate of drug-likeness (QED) is 0.354. The third kappa shape index (κ3) is 5.33. The van der Waals surface area contributed by atoms with Crippen molar-refractivity contribution in [1.29, 1.82) is 0 Å². The maximum atomic E-state index is 14.0. The van der Waals surface area contributed by atoms with E-state index in [1.54, 1.807) is 26.0 Å². The lowest BCUT2D eigenvalue weighted by Crippen LogP contribution is -2.47. The fraction of sp³-hybridized carbons (Fsp3) is 0.292. The number of hydrogen-bond acceptors (Lipinski definition) is 9. The number of rotatable bonds is 8. The summed E-state index contributed by atoms with van der Waals surface area (Å²) >= 11 is 18.6. The molecule has 1 unspecified atom stereocenters. The SMILES string of the molecule is CCOC(=O)c1nnn(C(C(=O)Nc2cc(Cl)ccc2OC)C2=Nc3c(Cl)cc(Cl)cc3S(=O)(=O)N2CC)c1C. The number of esters is 1. The van der Waals surface area contributed by atoms with Crippen molar-refractivity contribution in [2.75, 3.05) is 25.6 Å². The molecule has 1 aliphatic rings. The highest BCUT2D eigenvalue weighted by Crippen LogP contribution is 2.42. The number of aromatic nitrogens is 3. The van der Waals surface area contributed by atoms with Crippen LogP contribution in [-0.4, -0.2) is 65.7 Å². The molecule has 0 saturated heterocycles. The summed E-state index contributed by atoms with van der Waals surface area (Å²) < 4.78 is 39.9. The maximum Gasteiger partial charge on any atom is 0.360 e. The molecule has 212 valence electrons. The molecule has 1 amide bonds. The van der Waals surface area contributed by atoms with Crippen molar-refractivity contribution in [3.8, 4) is 5.75 Å². The fourth-order valence-corrected chi connectivity index (χ4v) is 6.55. The van der Waals surface area contributed by atoms with Crippen molar-refractivity contribution >= 4 is 73.9 Å². The Labute approximate surface area is 244 Å². The first kappa shape index (κ1) is 29.6. The number of sulfonamides is 1. The van der Waals surface area contributed by atoms with Gasteiger partial charge in [0.1, 0.15) is 16.3 Å². The van der Waals surface area contributed by atoms with Crippen molar-refractivity contribution in [3.63, 3.8) is 0 Å². The number of amidine groups is 1. The summed E-state index contributed by atoms with van der Waals surface area (Å²) in [5.74, 6) is -1.52. The fourth-order valence-electron chi connectivity index (χ4n) is 4.08. The van der Waals surface area contributed by atoms with Crippen molar-refractivity contribution in [3.05, 3.63) is 56.8 Å². The highest BCUT2D eigenvalue weighted by atomic mass is 35.5. The van der Waals surface area contributed by atoms with Crippen LogP contribution in [0.2, 0.25) is 15.1 Å².